The first-order valence-electron chi connectivity index (χ1n) is 3.01. The molecule has 0 radical (unpaired) electrons. The van der Waals surface area contributed by atoms with E-state index in [4.69, 9.17) is 20.4 Å². The number of nitrogens with zero attached hydrogens (tertiary/aromatic N) is 2. The Kier molecular flexibility index (Phi) is 17.5. The van der Waals surface area contributed by atoms with Crippen molar-refractivity contribution in [2.24, 2.45) is 0 Å². The normalized spacial score (nSPS) is 10.9. The van der Waals surface area contributed by atoms with E-state index in [2.05, 4.69) is 12.2 Å². The zero-order valence-electron chi connectivity index (χ0n) is 5.99. The van der Waals surface area contributed by atoms with Crippen LogP contribution in [0.4, 0.5) is 0 Å². The molecule has 4 nitrogen and oxygen atoms in total. The van der Waals surface area contributed by atoms with Crippen LogP contribution in [0.25, 0.3) is 10.8 Å². The molecule has 0 heterocycles. The van der Waals surface area contributed by atoms with Gasteiger partial charge in [0.25, 0.3) is 0 Å². The summed E-state index contributed by atoms with van der Waals surface area (Å²) in [6, 6.07) is 0. The lowest BCUT2D eigenvalue weighted by Gasteiger charge is -1.69. The molecule has 0 bridgehead atoms. The van der Waals surface area contributed by atoms with Crippen molar-refractivity contribution in [2.75, 3.05) is 0 Å². The highest BCUT2D eigenvalue weighted by Crippen LogP contribution is 2.05. The summed E-state index contributed by atoms with van der Waals surface area (Å²) in [5.41, 5.74) is 0. The molecule has 0 saturated heterocycles. The minimum atomic E-state index is 0.500. The fourth-order valence-electron chi connectivity index (χ4n) is 0.589. The summed E-state index contributed by atoms with van der Waals surface area (Å²) in [6.07, 6.45) is 9.50. The van der Waals surface area contributed by atoms with E-state index in [9.17, 15) is 0 Å². The Morgan fingerprint density at radius 2 is 1.27 bits per heavy atom. The molecule has 0 amide bonds. The maximum absolute atomic E-state index is 8.24. The molecule has 1 rings (SSSR count). The zero-order chi connectivity index (χ0) is 8.95. The summed E-state index contributed by atoms with van der Waals surface area (Å²) in [6.45, 7) is 0. The fraction of sp³-hybridized carbons (Fsp3) is 0.429. The van der Waals surface area contributed by atoms with Crippen molar-refractivity contribution in [1.82, 2.24) is 0 Å². The molecule has 0 spiro atoms. The van der Waals surface area contributed by atoms with Crippen LogP contribution in [0.2, 0.25) is 0 Å². The number of rotatable bonds is 0. The molecule has 1 aliphatic rings. The molecule has 4 heteroatoms. The van der Waals surface area contributed by atoms with Crippen LogP contribution in [-0.4, -0.2) is 12.2 Å². The van der Waals surface area contributed by atoms with E-state index in [1.54, 1.807) is 0 Å². The summed E-state index contributed by atoms with van der Waals surface area (Å²) >= 11 is 0. The van der Waals surface area contributed by atoms with Gasteiger partial charge < -0.3 is 10.8 Å². The first-order valence-corrected chi connectivity index (χ1v) is 3.01. The second-order valence-corrected chi connectivity index (χ2v) is 1.58. The van der Waals surface area contributed by atoms with E-state index in [0.717, 1.165) is 0 Å². The first kappa shape index (κ1) is 12.2. The minimum absolute atomic E-state index is 0.500. The van der Waals surface area contributed by atoms with Crippen LogP contribution in [0.3, 0.4) is 0 Å². The summed E-state index contributed by atoms with van der Waals surface area (Å²) < 4.78 is 0. The van der Waals surface area contributed by atoms with E-state index in [-0.39, 0.29) is 0 Å². The van der Waals surface area contributed by atoms with Crippen LogP contribution >= 0.6 is 0 Å². The van der Waals surface area contributed by atoms with Crippen LogP contribution in [0.15, 0.2) is 12.2 Å². The molecule has 0 aromatic carbocycles. The topological polar surface area (TPSA) is 78.7 Å². The van der Waals surface area contributed by atoms with Gasteiger partial charge in [0, 0.05) is 0 Å². The molecule has 0 unspecified atom stereocenters. The molecule has 11 heavy (non-hydrogen) atoms. The average molecular weight is 152 g/mol. The predicted octanol–water partition coefficient (Wildman–Crippen LogP) is 1.51. The lowest BCUT2D eigenvalue weighted by Crippen LogP contribution is -1.50. The van der Waals surface area contributed by atoms with Gasteiger partial charge in [0.15, 0.2) is 0 Å². The van der Waals surface area contributed by atoms with Crippen molar-refractivity contribution in [3.8, 4) is 0 Å². The summed E-state index contributed by atoms with van der Waals surface area (Å²) in [5.74, 6) is 0. The Hall–Kier alpha value is -1.50. The Morgan fingerprint density at radius 3 is 1.36 bits per heavy atom. The Balaban J connectivity index is 0. The summed E-state index contributed by atoms with van der Waals surface area (Å²) in [5, 5.41) is 13.5. The van der Waals surface area contributed by atoms with Crippen molar-refractivity contribution in [3.63, 3.8) is 0 Å². The number of isocyanates is 2. The molecule has 0 aliphatic heterocycles. The summed E-state index contributed by atoms with van der Waals surface area (Å²) in [4.78, 5) is 16.5. The van der Waals surface area contributed by atoms with Gasteiger partial charge in [-0.05, 0) is 31.4 Å². The van der Waals surface area contributed by atoms with Crippen LogP contribution in [0, 0.1) is 0 Å². The van der Waals surface area contributed by atoms with Gasteiger partial charge in [-0.3, -0.25) is 9.59 Å². The lowest BCUT2D eigenvalue weighted by atomic mass is 10.4. The van der Waals surface area contributed by atoms with Gasteiger partial charge in [-0.25, -0.2) is 0 Å². The maximum Gasteiger partial charge on any atom is -0.0159 e. The quantitative estimate of drug-likeness (QED) is 0.299. The number of hydrogen-bond donors (Lipinski definition) is 0. The van der Waals surface area contributed by atoms with E-state index in [1.807, 2.05) is 0 Å². The van der Waals surface area contributed by atoms with Crippen LogP contribution in [0.5, 0.6) is 0 Å². The van der Waals surface area contributed by atoms with Gasteiger partial charge >= 0.3 is 0 Å². The largest absolute Gasteiger partial charge is 0.724 e. The molecule has 0 aromatic rings. The first-order chi connectivity index (χ1) is 5.33. The molecule has 0 fully saturated rings. The molecule has 0 N–H and O–H groups in total. The zero-order valence-corrected chi connectivity index (χ0v) is 5.99. The van der Waals surface area contributed by atoms with Crippen molar-refractivity contribution in [2.45, 2.75) is 19.3 Å². The van der Waals surface area contributed by atoms with Gasteiger partial charge in [-0.15, -0.1) is 0 Å². The molecular weight excluding hydrogens is 144 g/mol. The smallest absolute Gasteiger partial charge is 0.0159 e. The third-order valence-electron chi connectivity index (χ3n) is 0.908. The Labute approximate surface area is 64.9 Å². The molecule has 60 valence electrons. The minimum Gasteiger partial charge on any atom is -0.724 e. The van der Waals surface area contributed by atoms with Crippen LogP contribution in [0.1, 0.15) is 19.3 Å². The molecule has 0 aromatic heterocycles. The van der Waals surface area contributed by atoms with E-state index < -0.39 is 0 Å². The van der Waals surface area contributed by atoms with E-state index >= 15 is 0 Å². The van der Waals surface area contributed by atoms with Crippen molar-refractivity contribution in [3.05, 3.63) is 23.0 Å². The molecule has 0 saturated carbocycles. The Morgan fingerprint density at radius 1 is 1.00 bits per heavy atom. The second-order valence-electron chi connectivity index (χ2n) is 1.58. The Bertz CT molecular complexity index is 145. The van der Waals surface area contributed by atoms with Crippen LogP contribution in [-0.2, 0) is 9.59 Å². The van der Waals surface area contributed by atoms with Gasteiger partial charge in [0.05, 0.1) is 0 Å². The van der Waals surface area contributed by atoms with Gasteiger partial charge in [-0.1, -0.05) is 12.2 Å². The molecule has 0 atom stereocenters. The highest BCUT2D eigenvalue weighted by atomic mass is 16.1. The van der Waals surface area contributed by atoms with Crippen molar-refractivity contribution >= 4 is 12.2 Å². The van der Waals surface area contributed by atoms with Crippen molar-refractivity contribution < 1.29 is 9.59 Å². The highest BCUT2D eigenvalue weighted by Gasteiger charge is 1.84. The lowest BCUT2D eigenvalue weighted by molar-refractivity contribution is 0.568. The highest BCUT2D eigenvalue weighted by molar-refractivity contribution is 5.37. The monoisotopic (exact) mass is 152 g/mol. The van der Waals surface area contributed by atoms with Crippen molar-refractivity contribution in [1.29, 1.82) is 0 Å². The third-order valence-corrected chi connectivity index (χ3v) is 0.908. The number of allylic oxidation sites excluding steroid dienone is 2. The SMILES string of the molecule is C1=CCCC1.[N-]=C=O.[N-]=C=O. The standard InChI is InChI=1S/C5H8.2CNO/c1-2-4-5-3-1;2*2-1-3/h1-2H,3-5H2;;/q;2*-1. The third kappa shape index (κ3) is 29.3. The number of hydrogen-bond acceptors (Lipinski definition) is 2. The van der Waals surface area contributed by atoms with Gasteiger partial charge in [-0.2, -0.15) is 0 Å². The predicted molar refractivity (Wildman–Crippen MR) is 41.1 cm³/mol. The summed E-state index contributed by atoms with van der Waals surface area (Å²) in [7, 11) is 0. The van der Waals surface area contributed by atoms with E-state index in [0.29, 0.717) is 12.2 Å². The number of carbonyl (C=O) groups excluding carboxylic acids is 2. The van der Waals surface area contributed by atoms with Gasteiger partial charge in [0.2, 0.25) is 0 Å². The molecule has 1 aliphatic carbocycles. The average Bonchev–Trinajstić information content (AvgIpc) is 2.44. The second kappa shape index (κ2) is 15.8. The fourth-order valence-corrected chi connectivity index (χ4v) is 0.589. The van der Waals surface area contributed by atoms with Gasteiger partial charge in [0.1, 0.15) is 0 Å². The maximum atomic E-state index is 8.24. The molecular formula is C7H8N2O2-2. The van der Waals surface area contributed by atoms with E-state index in [1.165, 1.54) is 19.3 Å². The van der Waals surface area contributed by atoms with Crippen LogP contribution < -0.4 is 0 Å².